The number of nitrogens with zero attached hydrogens (tertiary/aromatic N) is 1. The van der Waals surface area contributed by atoms with Crippen molar-refractivity contribution in [3.8, 4) is 0 Å². The molecule has 7 nitrogen and oxygen atoms in total. The molecule has 1 saturated heterocycles. The molecule has 25 heavy (non-hydrogen) atoms. The first kappa shape index (κ1) is 17.2. The van der Waals surface area contributed by atoms with Gasteiger partial charge in [-0.1, -0.05) is 12.1 Å². The molecule has 0 aliphatic carbocycles. The highest BCUT2D eigenvalue weighted by atomic mass is 16.5. The number of methoxy groups -OCH3 is 1. The third-order valence-corrected chi connectivity index (χ3v) is 4.39. The predicted molar refractivity (Wildman–Crippen MR) is 91.1 cm³/mol. The van der Waals surface area contributed by atoms with Crippen molar-refractivity contribution in [3.63, 3.8) is 0 Å². The second kappa shape index (κ2) is 7.06. The van der Waals surface area contributed by atoms with Crippen LogP contribution in [0.15, 0.2) is 33.5 Å². The van der Waals surface area contributed by atoms with Crippen molar-refractivity contribution in [3.05, 3.63) is 45.8 Å². The molecule has 0 unspecified atom stereocenters. The van der Waals surface area contributed by atoms with E-state index in [0.717, 1.165) is 16.5 Å². The Morgan fingerprint density at radius 1 is 1.36 bits per heavy atom. The zero-order chi connectivity index (χ0) is 18.0. The van der Waals surface area contributed by atoms with Crippen LogP contribution in [0.25, 0.3) is 11.0 Å². The van der Waals surface area contributed by atoms with Gasteiger partial charge >= 0.3 is 11.6 Å². The van der Waals surface area contributed by atoms with E-state index in [-0.39, 0.29) is 12.3 Å². The smallest absolute Gasteiger partial charge is 0.336 e. The largest absolute Gasteiger partial charge is 0.469 e. The first-order chi connectivity index (χ1) is 12.0. The Morgan fingerprint density at radius 3 is 2.92 bits per heavy atom. The van der Waals surface area contributed by atoms with Crippen molar-refractivity contribution >= 4 is 22.8 Å². The van der Waals surface area contributed by atoms with E-state index >= 15 is 0 Å². The molecule has 1 aliphatic heterocycles. The molecule has 1 N–H and O–H groups in total. The number of esters is 1. The summed E-state index contributed by atoms with van der Waals surface area (Å²) in [5.41, 5.74) is 1.86. The van der Waals surface area contributed by atoms with Crippen LogP contribution in [0.5, 0.6) is 0 Å². The molecule has 1 aromatic heterocycles. The fraction of sp³-hybridized carbons (Fsp3) is 0.389. The average molecular weight is 344 g/mol. The van der Waals surface area contributed by atoms with Crippen molar-refractivity contribution in [2.24, 2.45) is 0 Å². The highest BCUT2D eigenvalue weighted by Crippen LogP contribution is 2.22. The van der Waals surface area contributed by atoms with Gasteiger partial charge in [-0.05, 0) is 24.1 Å². The topological polar surface area (TPSA) is 88.9 Å². The molecule has 1 aliphatic rings. The molecule has 7 heteroatoms. The molecule has 132 valence electrons. The standard InChI is InChI=1S/C18H20N2O5/c1-11-3-4-13-12(8-17(22)25-15(13)7-11)10-20-6-5-19-18(23)14(20)9-16(21)24-2/h3-4,7-8,14H,5-6,9-10H2,1-2H3,(H,19,23)/t14-/m1/s1. The van der Waals surface area contributed by atoms with E-state index in [1.165, 1.54) is 13.2 Å². The molecular formula is C18H20N2O5. The second-order valence-electron chi connectivity index (χ2n) is 6.15. The van der Waals surface area contributed by atoms with Crippen molar-refractivity contribution < 1.29 is 18.7 Å². The Labute approximate surface area is 144 Å². The lowest BCUT2D eigenvalue weighted by Gasteiger charge is -2.34. The quantitative estimate of drug-likeness (QED) is 0.657. The van der Waals surface area contributed by atoms with Gasteiger partial charge in [0.05, 0.1) is 13.5 Å². The fourth-order valence-electron chi connectivity index (χ4n) is 3.10. The third kappa shape index (κ3) is 3.71. The number of hydrogen-bond acceptors (Lipinski definition) is 6. The van der Waals surface area contributed by atoms with Crippen molar-refractivity contribution in [2.45, 2.75) is 25.9 Å². The number of piperazine rings is 1. The summed E-state index contributed by atoms with van der Waals surface area (Å²) in [6.45, 7) is 3.38. The van der Waals surface area contributed by atoms with Crippen molar-refractivity contribution in [2.75, 3.05) is 20.2 Å². The Morgan fingerprint density at radius 2 is 2.16 bits per heavy atom. The van der Waals surface area contributed by atoms with Gasteiger partial charge in [0.2, 0.25) is 5.91 Å². The molecule has 2 heterocycles. The lowest BCUT2D eigenvalue weighted by atomic mass is 10.0. The minimum Gasteiger partial charge on any atom is -0.469 e. The second-order valence-corrected chi connectivity index (χ2v) is 6.15. The van der Waals surface area contributed by atoms with Crippen LogP contribution < -0.4 is 10.9 Å². The summed E-state index contributed by atoms with van der Waals surface area (Å²) >= 11 is 0. The molecule has 0 spiro atoms. The summed E-state index contributed by atoms with van der Waals surface area (Å²) in [7, 11) is 1.30. The number of fused-ring (bicyclic) bond motifs is 1. The molecule has 2 aromatic rings. The van der Waals surface area contributed by atoms with Crippen LogP contribution in [0.3, 0.4) is 0 Å². The van der Waals surface area contributed by atoms with Crippen LogP contribution in [-0.2, 0) is 20.9 Å². The van der Waals surface area contributed by atoms with Gasteiger partial charge in [0.1, 0.15) is 11.6 Å². The molecule has 1 amide bonds. The molecule has 1 fully saturated rings. The summed E-state index contributed by atoms with van der Waals surface area (Å²) < 4.78 is 9.97. The van der Waals surface area contributed by atoms with E-state index in [2.05, 4.69) is 5.32 Å². The summed E-state index contributed by atoms with van der Waals surface area (Å²) in [6.07, 6.45) is -0.0270. The molecule has 1 aromatic carbocycles. The first-order valence-electron chi connectivity index (χ1n) is 8.10. The zero-order valence-electron chi connectivity index (χ0n) is 14.2. The van der Waals surface area contributed by atoms with Gasteiger partial charge in [-0.2, -0.15) is 0 Å². The SMILES string of the molecule is COC(=O)C[C@@H]1C(=O)NCCN1Cc1cc(=O)oc2cc(C)ccc12. The number of nitrogens with one attached hydrogen (secondary N) is 1. The van der Waals surface area contributed by atoms with E-state index in [0.29, 0.717) is 25.2 Å². The van der Waals surface area contributed by atoms with Crippen molar-refractivity contribution in [1.29, 1.82) is 0 Å². The van der Waals surface area contributed by atoms with Crippen LogP contribution in [0, 0.1) is 6.92 Å². The number of amides is 1. The van der Waals surface area contributed by atoms with Crippen LogP contribution in [-0.4, -0.2) is 43.0 Å². The first-order valence-corrected chi connectivity index (χ1v) is 8.10. The molecule has 1 atom stereocenters. The average Bonchev–Trinajstić information content (AvgIpc) is 2.57. The summed E-state index contributed by atoms with van der Waals surface area (Å²) in [4.78, 5) is 37.6. The highest BCUT2D eigenvalue weighted by Gasteiger charge is 2.32. The van der Waals surface area contributed by atoms with E-state index in [9.17, 15) is 14.4 Å². The Balaban J connectivity index is 1.94. The molecule has 3 rings (SSSR count). The lowest BCUT2D eigenvalue weighted by Crippen LogP contribution is -2.55. The fourth-order valence-corrected chi connectivity index (χ4v) is 3.10. The summed E-state index contributed by atoms with van der Waals surface area (Å²) in [5, 5.41) is 3.59. The summed E-state index contributed by atoms with van der Waals surface area (Å²) in [5.74, 6) is -0.653. The number of benzene rings is 1. The number of carbonyl (C=O) groups is 2. The highest BCUT2D eigenvalue weighted by molar-refractivity contribution is 5.87. The van der Waals surface area contributed by atoms with Gasteiger partial charge < -0.3 is 14.5 Å². The number of rotatable bonds is 4. The Bertz CT molecular complexity index is 873. The zero-order valence-corrected chi connectivity index (χ0v) is 14.2. The third-order valence-electron chi connectivity index (χ3n) is 4.39. The maximum absolute atomic E-state index is 12.2. The minimum absolute atomic E-state index is 0.0270. The van der Waals surface area contributed by atoms with Crippen LogP contribution in [0.1, 0.15) is 17.5 Å². The van der Waals surface area contributed by atoms with E-state index in [1.54, 1.807) is 0 Å². The van der Waals surface area contributed by atoms with E-state index < -0.39 is 17.6 Å². The predicted octanol–water partition coefficient (Wildman–Crippen LogP) is 0.965. The molecule has 0 saturated carbocycles. The van der Waals surface area contributed by atoms with Gasteiger partial charge in [0.15, 0.2) is 0 Å². The lowest BCUT2D eigenvalue weighted by molar-refractivity contribution is -0.146. The maximum atomic E-state index is 12.2. The van der Waals surface area contributed by atoms with Gasteiger partial charge in [-0.15, -0.1) is 0 Å². The van der Waals surface area contributed by atoms with Crippen LogP contribution in [0.4, 0.5) is 0 Å². The molecular weight excluding hydrogens is 324 g/mol. The monoisotopic (exact) mass is 344 g/mol. The van der Waals surface area contributed by atoms with E-state index in [1.807, 2.05) is 30.0 Å². The van der Waals surface area contributed by atoms with Crippen molar-refractivity contribution in [1.82, 2.24) is 10.2 Å². The van der Waals surface area contributed by atoms with Gasteiger partial charge in [0.25, 0.3) is 0 Å². The van der Waals surface area contributed by atoms with E-state index in [4.69, 9.17) is 9.15 Å². The number of aryl methyl sites for hydroxylation is 1. The van der Waals surface area contributed by atoms with Gasteiger partial charge in [-0.3, -0.25) is 14.5 Å². The summed E-state index contributed by atoms with van der Waals surface area (Å²) in [6, 6.07) is 6.49. The van der Waals surface area contributed by atoms with Gasteiger partial charge in [0, 0.05) is 31.1 Å². The number of carbonyl (C=O) groups excluding carboxylic acids is 2. The van der Waals surface area contributed by atoms with Crippen LogP contribution in [0.2, 0.25) is 0 Å². The minimum atomic E-state index is -0.617. The number of ether oxygens (including phenoxy) is 1. The molecule has 0 bridgehead atoms. The normalized spacial score (nSPS) is 18.2. The maximum Gasteiger partial charge on any atom is 0.336 e. The Kier molecular flexibility index (Phi) is 4.85. The van der Waals surface area contributed by atoms with Crippen LogP contribution >= 0.6 is 0 Å². The Hall–Kier alpha value is -2.67. The molecule has 0 radical (unpaired) electrons. The number of hydrogen-bond donors (Lipinski definition) is 1. The van der Waals surface area contributed by atoms with Gasteiger partial charge in [-0.25, -0.2) is 4.79 Å².